The van der Waals surface area contributed by atoms with Crippen molar-refractivity contribution < 1.29 is 4.42 Å². The zero-order valence-electron chi connectivity index (χ0n) is 12.6. The Morgan fingerprint density at radius 2 is 1.95 bits per heavy atom. The van der Waals surface area contributed by atoms with E-state index in [1.807, 2.05) is 12.1 Å². The van der Waals surface area contributed by atoms with Crippen molar-refractivity contribution in [3.05, 3.63) is 54.0 Å². The van der Waals surface area contributed by atoms with Crippen molar-refractivity contribution in [1.82, 2.24) is 5.32 Å². The van der Waals surface area contributed by atoms with E-state index in [1.165, 1.54) is 11.3 Å². The molecule has 1 aromatic carbocycles. The standard InChI is InChI=1S/C17H24N2O/c1-14(2)11-18-12-15-7-4-5-9-17(15)19(3)13-16-8-6-10-20-16/h4-10,14,18H,11-13H2,1-3H3. The first-order chi connectivity index (χ1) is 9.66. The fourth-order valence-electron chi connectivity index (χ4n) is 2.25. The third-order valence-corrected chi connectivity index (χ3v) is 3.24. The maximum absolute atomic E-state index is 5.42. The third kappa shape index (κ3) is 4.14. The van der Waals surface area contributed by atoms with E-state index in [9.17, 15) is 0 Å². The van der Waals surface area contributed by atoms with Crippen LogP contribution in [0.15, 0.2) is 47.1 Å². The maximum Gasteiger partial charge on any atom is 0.123 e. The van der Waals surface area contributed by atoms with Crippen molar-refractivity contribution in [2.24, 2.45) is 5.92 Å². The van der Waals surface area contributed by atoms with Crippen LogP contribution >= 0.6 is 0 Å². The summed E-state index contributed by atoms with van der Waals surface area (Å²) in [6.07, 6.45) is 1.72. The van der Waals surface area contributed by atoms with E-state index in [-0.39, 0.29) is 0 Å². The molecule has 3 heteroatoms. The lowest BCUT2D eigenvalue weighted by Crippen LogP contribution is -2.22. The predicted molar refractivity (Wildman–Crippen MR) is 83.8 cm³/mol. The Morgan fingerprint density at radius 1 is 1.15 bits per heavy atom. The first-order valence-electron chi connectivity index (χ1n) is 7.19. The van der Waals surface area contributed by atoms with Crippen LogP contribution in [-0.4, -0.2) is 13.6 Å². The summed E-state index contributed by atoms with van der Waals surface area (Å²) in [5, 5.41) is 3.51. The minimum atomic E-state index is 0.669. The molecule has 2 aromatic rings. The molecule has 3 nitrogen and oxygen atoms in total. The van der Waals surface area contributed by atoms with Gasteiger partial charge in [0.15, 0.2) is 0 Å². The van der Waals surface area contributed by atoms with E-state index in [1.54, 1.807) is 6.26 Å². The number of para-hydroxylation sites is 1. The van der Waals surface area contributed by atoms with Gasteiger partial charge < -0.3 is 14.6 Å². The summed E-state index contributed by atoms with van der Waals surface area (Å²) < 4.78 is 5.42. The van der Waals surface area contributed by atoms with Gasteiger partial charge in [-0.15, -0.1) is 0 Å². The van der Waals surface area contributed by atoms with Crippen molar-refractivity contribution >= 4 is 5.69 Å². The van der Waals surface area contributed by atoms with Crippen LogP contribution in [0.3, 0.4) is 0 Å². The molecule has 1 N–H and O–H groups in total. The van der Waals surface area contributed by atoms with Crippen LogP contribution < -0.4 is 10.2 Å². The molecule has 0 radical (unpaired) electrons. The van der Waals surface area contributed by atoms with Crippen LogP contribution in [0.5, 0.6) is 0 Å². The van der Waals surface area contributed by atoms with Crippen molar-refractivity contribution in [3.63, 3.8) is 0 Å². The van der Waals surface area contributed by atoms with E-state index in [4.69, 9.17) is 4.42 Å². The van der Waals surface area contributed by atoms with Gasteiger partial charge in [-0.2, -0.15) is 0 Å². The number of anilines is 1. The normalized spacial score (nSPS) is 11.0. The molecule has 0 bridgehead atoms. The summed E-state index contributed by atoms with van der Waals surface area (Å²) in [7, 11) is 2.10. The fourth-order valence-corrected chi connectivity index (χ4v) is 2.25. The molecule has 108 valence electrons. The van der Waals surface area contributed by atoms with Crippen LogP contribution in [0.2, 0.25) is 0 Å². The molecule has 0 unspecified atom stereocenters. The minimum Gasteiger partial charge on any atom is -0.467 e. The number of nitrogens with one attached hydrogen (secondary N) is 1. The molecule has 0 atom stereocenters. The fraction of sp³-hybridized carbons (Fsp3) is 0.412. The molecule has 20 heavy (non-hydrogen) atoms. The first kappa shape index (κ1) is 14.7. The van der Waals surface area contributed by atoms with Gasteiger partial charge in [0.05, 0.1) is 12.8 Å². The van der Waals surface area contributed by atoms with Crippen LogP contribution in [0.25, 0.3) is 0 Å². The smallest absolute Gasteiger partial charge is 0.123 e. The lowest BCUT2D eigenvalue weighted by Gasteiger charge is -2.22. The van der Waals surface area contributed by atoms with Crippen LogP contribution in [0.1, 0.15) is 25.2 Å². The predicted octanol–water partition coefficient (Wildman–Crippen LogP) is 3.66. The highest BCUT2D eigenvalue weighted by Crippen LogP contribution is 2.21. The highest BCUT2D eigenvalue weighted by Gasteiger charge is 2.08. The zero-order chi connectivity index (χ0) is 14.4. The van der Waals surface area contributed by atoms with Gasteiger partial charge in [0, 0.05) is 19.3 Å². The van der Waals surface area contributed by atoms with Gasteiger partial charge in [0.25, 0.3) is 0 Å². The van der Waals surface area contributed by atoms with Crippen LogP contribution in [-0.2, 0) is 13.1 Å². The number of furan rings is 1. The summed E-state index contributed by atoms with van der Waals surface area (Å²) in [4.78, 5) is 2.23. The Balaban J connectivity index is 2.02. The molecule has 0 amide bonds. The van der Waals surface area contributed by atoms with Crippen molar-refractivity contribution in [2.45, 2.75) is 26.9 Å². The van der Waals surface area contributed by atoms with Crippen molar-refractivity contribution in [3.8, 4) is 0 Å². The summed E-state index contributed by atoms with van der Waals surface area (Å²) in [5.74, 6) is 1.65. The highest BCUT2D eigenvalue weighted by atomic mass is 16.3. The Hall–Kier alpha value is -1.74. The van der Waals surface area contributed by atoms with E-state index in [2.05, 4.69) is 55.4 Å². The zero-order valence-corrected chi connectivity index (χ0v) is 12.6. The topological polar surface area (TPSA) is 28.4 Å². The van der Waals surface area contributed by atoms with Gasteiger partial charge in [-0.3, -0.25) is 0 Å². The van der Waals surface area contributed by atoms with Crippen molar-refractivity contribution in [2.75, 3.05) is 18.5 Å². The number of rotatable bonds is 7. The second-order valence-electron chi connectivity index (χ2n) is 5.59. The average Bonchev–Trinajstić information content (AvgIpc) is 2.91. The molecule has 1 heterocycles. The number of hydrogen-bond donors (Lipinski definition) is 1. The van der Waals surface area contributed by atoms with E-state index < -0.39 is 0 Å². The van der Waals surface area contributed by atoms with E-state index in [0.717, 1.165) is 25.4 Å². The molecule has 2 rings (SSSR count). The highest BCUT2D eigenvalue weighted by molar-refractivity contribution is 5.53. The summed E-state index contributed by atoms with van der Waals surface area (Å²) in [5.41, 5.74) is 2.57. The molecular formula is C17H24N2O. The van der Waals surface area contributed by atoms with Crippen LogP contribution in [0, 0.1) is 5.92 Å². The number of hydrogen-bond acceptors (Lipinski definition) is 3. The molecule has 0 aliphatic rings. The molecule has 0 aliphatic carbocycles. The molecule has 0 saturated heterocycles. The third-order valence-electron chi connectivity index (χ3n) is 3.24. The van der Waals surface area contributed by atoms with Crippen LogP contribution in [0.4, 0.5) is 5.69 Å². The quantitative estimate of drug-likeness (QED) is 0.833. The maximum atomic E-state index is 5.42. The van der Waals surface area contributed by atoms with Gasteiger partial charge in [-0.25, -0.2) is 0 Å². The molecular weight excluding hydrogens is 248 g/mol. The van der Waals surface area contributed by atoms with Gasteiger partial charge in [0.2, 0.25) is 0 Å². The van der Waals surface area contributed by atoms with E-state index in [0.29, 0.717) is 5.92 Å². The minimum absolute atomic E-state index is 0.669. The second-order valence-corrected chi connectivity index (χ2v) is 5.59. The SMILES string of the molecule is CC(C)CNCc1ccccc1N(C)Cc1ccco1. The molecule has 0 spiro atoms. The Morgan fingerprint density at radius 3 is 2.65 bits per heavy atom. The van der Waals surface area contributed by atoms with E-state index >= 15 is 0 Å². The van der Waals surface area contributed by atoms with Gasteiger partial charge in [-0.05, 0) is 36.2 Å². The van der Waals surface area contributed by atoms with Crippen molar-refractivity contribution in [1.29, 1.82) is 0 Å². The number of nitrogens with zero attached hydrogens (tertiary/aromatic N) is 1. The Kier molecular flexibility index (Phi) is 5.24. The van der Waals surface area contributed by atoms with Gasteiger partial charge in [-0.1, -0.05) is 32.0 Å². The van der Waals surface area contributed by atoms with Gasteiger partial charge >= 0.3 is 0 Å². The largest absolute Gasteiger partial charge is 0.467 e. The first-order valence-corrected chi connectivity index (χ1v) is 7.19. The lowest BCUT2D eigenvalue weighted by atomic mass is 10.1. The number of benzene rings is 1. The molecule has 1 aromatic heterocycles. The second kappa shape index (κ2) is 7.15. The molecule has 0 saturated carbocycles. The lowest BCUT2D eigenvalue weighted by molar-refractivity contribution is 0.507. The average molecular weight is 272 g/mol. The Labute approximate surface area is 121 Å². The summed E-state index contributed by atoms with van der Waals surface area (Å²) >= 11 is 0. The Bertz CT molecular complexity index is 505. The summed E-state index contributed by atoms with van der Waals surface area (Å²) in [6, 6.07) is 12.5. The van der Waals surface area contributed by atoms with Gasteiger partial charge in [0.1, 0.15) is 5.76 Å². The summed E-state index contributed by atoms with van der Waals surface area (Å²) in [6.45, 7) is 7.17. The molecule has 0 fully saturated rings. The molecule has 0 aliphatic heterocycles. The monoisotopic (exact) mass is 272 g/mol.